The number of hydrogen-bond acceptors (Lipinski definition) is 4. The fraction of sp³-hybridized carbons (Fsp3) is 0.300. The molecule has 26 heavy (non-hydrogen) atoms. The molecule has 0 saturated carbocycles. The summed E-state index contributed by atoms with van der Waals surface area (Å²) in [6, 6.07) is 11.4. The van der Waals surface area contributed by atoms with Gasteiger partial charge >= 0.3 is 0 Å². The van der Waals surface area contributed by atoms with Gasteiger partial charge in [-0.25, -0.2) is 0 Å². The highest BCUT2D eigenvalue weighted by Gasteiger charge is 2.14. The summed E-state index contributed by atoms with van der Waals surface area (Å²) in [5.41, 5.74) is 2.54. The summed E-state index contributed by atoms with van der Waals surface area (Å²) in [4.78, 5) is 17.8. The molecule has 2 aromatic carbocycles. The molecule has 1 heterocycles. The number of thiazole rings is 1. The van der Waals surface area contributed by atoms with E-state index in [1.807, 2.05) is 43.3 Å². The first-order valence-corrected chi connectivity index (χ1v) is 9.30. The van der Waals surface area contributed by atoms with E-state index in [1.54, 1.807) is 14.2 Å². The number of carbonyl (C=O) groups is 1. The quantitative estimate of drug-likeness (QED) is 0.677. The average Bonchev–Trinajstić information content (AvgIpc) is 2.97. The number of fused-ring (bicyclic) bond motifs is 1. The molecule has 5 nitrogen and oxygen atoms in total. The van der Waals surface area contributed by atoms with Gasteiger partial charge in [0.1, 0.15) is 0 Å². The number of ether oxygens (including phenoxy) is 2. The molecule has 3 aromatic rings. The number of aryl methyl sites for hydroxylation is 2. The molecule has 0 aliphatic rings. The number of benzene rings is 2. The lowest BCUT2D eigenvalue weighted by molar-refractivity contribution is 0.0997. The van der Waals surface area contributed by atoms with Gasteiger partial charge in [0.15, 0.2) is 16.3 Å². The van der Waals surface area contributed by atoms with Gasteiger partial charge in [0.05, 0.1) is 24.4 Å². The molecule has 1 amide bonds. The SMILES string of the molecule is CCCn1c(=NC(=O)c2ccccc2C)sc2cc(OC)c(OC)cc21. The van der Waals surface area contributed by atoms with E-state index >= 15 is 0 Å². The number of amides is 1. The number of rotatable bonds is 5. The second kappa shape index (κ2) is 7.74. The summed E-state index contributed by atoms with van der Waals surface area (Å²) in [5.74, 6) is 1.11. The van der Waals surface area contributed by atoms with E-state index in [-0.39, 0.29) is 5.91 Å². The van der Waals surface area contributed by atoms with E-state index in [9.17, 15) is 4.79 Å². The van der Waals surface area contributed by atoms with E-state index < -0.39 is 0 Å². The minimum absolute atomic E-state index is 0.224. The molecule has 0 aliphatic carbocycles. The second-order valence-corrected chi connectivity index (χ2v) is 6.95. The largest absolute Gasteiger partial charge is 0.493 e. The molecule has 0 N–H and O–H groups in total. The molecular weight excluding hydrogens is 348 g/mol. The number of hydrogen-bond donors (Lipinski definition) is 0. The average molecular weight is 370 g/mol. The summed E-state index contributed by atoms with van der Waals surface area (Å²) in [6.45, 7) is 4.79. The molecule has 0 fully saturated rings. The molecule has 0 spiro atoms. The first-order chi connectivity index (χ1) is 12.6. The van der Waals surface area contributed by atoms with Gasteiger partial charge in [0.2, 0.25) is 0 Å². The predicted molar refractivity (Wildman–Crippen MR) is 104 cm³/mol. The zero-order valence-corrected chi connectivity index (χ0v) is 16.2. The summed E-state index contributed by atoms with van der Waals surface area (Å²) in [5, 5.41) is 0. The third-order valence-electron chi connectivity index (χ3n) is 4.21. The standard InChI is InChI=1S/C20H22N2O3S/c1-5-10-22-15-11-16(24-3)17(25-4)12-18(15)26-20(22)21-19(23)14-9-7-6-8-13(14)2/h6-9,11-12H,5,10H2,1-4H3. The molecule has 6 heteroatoms. The first kappa shape index (κ1) is 18.2. The molecule has 0 saturated heterocycles. The molecule has 3 rings (SSSR count). The Morgan fingerprint density at radius 3 is 2.50 bits per heavy atom. The molecule has 0 bridgehead atoms. The topological polar surface area (TPSA) is 52.8 Å². The van der Waals surface area contributed by atoms with Crippen molar-refractivity contribution in [3.8, 4) is 11.5 Å². The minimum atomic E-state index is -0.224. The number of aromatic nitrogens is 1. The highest BCUT2D eigenvalue weighted by molar-refractivity contribution is 7.16. The van der Waals surface area contributed by atoms with Crippen LogP contribution in [0.2, 0.25) is 0 Å². The van der Waals surface area contributed by atoms with Crippen LogP contribution in [0.5, 0.6) is 11.5 Å². The zero-order valence-electron chi connectivity index (χ0n) is 15.4. The van der Waals surface area contributed by atoms with E-state index in [2.05, 4.69) is 16.5 Å². The Bertz CT molecular complexity index is 1020. The van der Waals surface area contributed by atoms with Crippen molar-refractivity contribution in [1.82, 2.24) is 4.57 Å². The van der Waals surface area contributed by atoms with E-state index in [0.717, 1.165) is 28.7 Å². The second-order valence-electron chi connectivity index (χ2n) is 5.94. The Morgan fingerprint density at radius 2 is 1.85 bits per heavy atom. The Hall–Kier alpha value is -2.60. The molecule has 0 atom stereocenters. The van der Waals surface area contributed by atoms with Crippen molar-refractivity contribution < 1.29 is 14.3 Å². The van der Waals surface area contributed by atoms with Crippen molar-refractivity contribution >= 4 is 27.5 Å². The number of carbonyl (C=O) groups excluding carboxylic acids is 1. The maximum Gasteiger partial charge on any atom is 0.279 e. The molecule has 1 aromatic heterocycles. The van der Waals surface area contributed by atoms with Crippen LogP contribution in [0.4, 0.5) is 0 Å². The minimum Gasteiger partial charge on any atom is -0.493 e. The van der Waals surface area contributed by atoms with Gasteiger partial charge < -0.3 is 14.0 Å². The van der Waals surface area contributed by atoms with Crippen LogP contribution in [0.3, 0.4) is 0 Å². The van der Waals surface area contributed by atoms with Crippen molar-refractivity contribution in [2.24, 2.45) is 4.99 Å². The van der Waals surface area contributed by atoms with Crippen LogP contribution in [0.15, 0.2) is 41.4 Å². The van der Waals surface area contributed by atoms with Crippen LogP contribution in [-0.4, -0.2) is 24.7 Å². The van der Waals surface area contributed by atoms with E-state index in [4.69, 9.17) is 9.47 Å². The molecule has 0 aliphatic heterocycles. The summed E-state index contributed by atoms with van der Waals surface area (Å²) in [7, 11) is 3.23. The van der Waals surface area contributed by atoms with Gasteiger partial charge in [0.25, 0.3) is 5.91 Å². The summed E-state index contributed by atoms with van der Waals surface area (Å²) < 4.78 is 13.9. The fourth-order valence-electron chi connectivity index (χ4n) is 2.88. The van der Waals surface area contributed by atoms with Crippen LogP contribution in [0.1, 0.15) is 29.3 Å². The Balaban J connectivity index is 2.20. The molecule has 136 valence electrons. The Kier molecular flexibility index (Phi) is 5.42. The normalized spacial score (nSPS) is 11.8. The molecule has 0 unspecified atom stereocenters. The highest BCUT2D eigenvalue weighted by atomic mass is 32.1. The summed E-state index contributed by atoms with van der Waals surface area (Å²) in [6.07, 6.45) is 0.936. The van der Waals surface area contributed by atoms with Crippen LogP contribution >= 0.6 is 11.3 Å². The van der Waals surface area contributed by atoms with Crippen molar-refractivity contribution in [1.29, 1.82) is 0 Å². The monoisotopic (exact) mass is 370 g/mol. The van der Waals surface area contributed by atoms with Gasteiger partial charge in [-0.2, -0.15) is 4.99 Å². The maximum atomic E-state index is 12.7. The number of methoxy groups -OCH3 is 2. The lowest BCUT2D eigenvalue weighted by Gasteiger charge is -2.09. The van der Waals surface area contributed by atoms with E-state index in [1.165, 1.54) is 11.3 Å². The Morgan fingerprint density at radius 1 is 1.15 bits per heavy atom. The molecular formula is C20H22N2O3S. The Labute approximate surface area is 156 Å². The van der Waals surface area contributed by atoms with Crippen LogP contribution in [-0.2, 0) is 6.54 Å². The van der Waals surface area contributed by atoms with Gasteiger partial charge in [-0.3, -0.25) is 4.79 Å². The van der Waals surface area contributed by atoms with Crippen molar-refractivity contribution in [3.63, 3.8) is 0 Å². The zero-order chi connectivity index (χ0) is 18.7. The summed E-state index contributed by atoms with van der Waals surface area (Å²) >= 11 is 1.48. The third kappa shape index (κ3) is 3.37. The van der Waals surface area contributed by atoms with Gasteiger partial charge in [-0.15, -0.1) is 0 Å². The van der Waals surface area contributed by atoms with Gasteiger partial charge in [0, 0.05) is 24.2 Å². The van der Waals surface area contributed by atoms with Crippen molar-refractivity contribution in [2.45, 2.75) is 26.8 Å². The van der Waals surface area contributed by atoms with Crippen LogP contribution in [0, 0.1) is 6.92 Å². The van der Waals surface area contributed by atoms with Crippen LogP contribution in [0.25, 0.3) is 10.2 Å². The highest BCUT2D eigenvalue weighted by Crippen LogP contribution is 2.33. The van der Waals surface area contributed by atoms with Gasteiger partial charge in [-0.1, -0.05) is 36.5 Å². The van der Waals surface area contributed by atoms with E-state index in [0.29, 0.717) is 21.9 Å². The van der Waals surface area contributed by atoms with Crippen LogP contribution < -0.4 is 14.3 Å². The maximum absolute atomic E-state index is 12.7. The predicted octanol–water partition coefficient (Wildman–Crippen LogP) is 4.18. The molecule has 0 radical (unpaired) electrons. The third-order valence-corrected chi connectivity index (χ3v) is 5.25. The van der Waals surface area contributed by atoms with Gasteiger partial charge in [-0.05, 0) is 25.0 Å². The lowest BCUT2D eigenvalue weighted by atomic mass is 10.1. The number of nitrogens with zero attached hydrogens (tertiary/aromatic N) is 2. The fourth-order valence-corrected chi connectivity index (χ4v) is 3.95. The first-order valence-electron chi connectivity index (χ1n) is 8.49. The smallest absolute Gasteiger partial charge is 0.279 e. The van der Waals surface area contributed by atoms with Crippen molar-refractivity contribution in [2.75, 3.05) is 14.2 Å². The lowest BCUT2D eigenvalue weighted by Crippen LogP contribution is -2.17. The van der Waals surface area contributed by atoms with Crippen molar-refractivity contribution in [3.05, 3.63) is 52.3 Å².